The van der Waals surface area contributed by atoms with Crippen molar-refractivity contribution in [3.63, 3.8) is 0 Å². The van der Waals surface area contributed by atoms with Gasteiger partial charge in [0.2, 0.25) is 0 Å². The van der Waals surface area contributed by atoms with Crippen LogP contribution in [0.4, 0.5) is 4.79 Å². The summed E-state index contributed by atoms with van der Waals surface area (Å²) in [7, 11) is 0. The molecular weight excluding hydrogens is 248 g/mol. The van der Waals surface area contributed by atoms with E-state index in [1.54, 1.807) is 6.08 Å². The zero-order chi connectivity index (χ0) is 14.4. The Bertz CT molecular complexity index is 377. The Morgan fingerprint density at radius 2 is 1.95 bits per heavy atom. The van der Waals surface area contributed by atoms with Crippen LogP contribution < -0.4 is 5.32 Å². The number of carboxylic acid groups (broad SMARTS) is 1. The van der Waals surface area contributed by atoms with E-state index in [1.165, 1.54) is 11.0 Å². The summed E-state index contributed by atoms with van der Waals surface area (Å²) in [5.41, 5.74) is 0. The fraction of sp³-hybridized carbons (Fsp3) is 0.615. The SMILES string of the molecule is CC(C)C/C=C(\O)N/C(O)=C/CC1CCN1C(=O)O. The van der Waals surface area contributed by atoms with Crippen molar-refractivity contribution < 1.29 is 20.1 Å². The number of nitrogens with one attached hydrogen (secondary N) is 1. The van der Waals surface area contributed by atoms with Crippen LogP contribution in [-0.2, 0) is 0 Å². The maximum Gasteiger partial charge on any atom is 0.407 e. The highest BCUT2D eigenvalue weighted by Gasteiger charge is 2.30. The molecule has 4 N–H and O–H groups in total. The molecule has 0 spiro atoms. The summed E-state index contributed by atoms with van der Waals surface area (Å²) in [5, 5.41) is 30.3. The molecule has 0 aromatic heterocycles. The van der Waals surface area contributed by atoms with E-state index in [9.17, 15) is 15.0 Å². The van der Waals surface area contributed by atoms with Gasteiger partial charge in [-0.2, -0.15) is 0 Å². The Kier molecular flexibility index (Phi) is 5.54. The summed E-state index contributed by atoms with van der Waals surface area (Å²) in [4.78, 5) is 12.1. The number of aliphatic hydroxyl groups excluding tert-OH is 2. The van der Waals surface area contributed by atoms with Gasteiger partial charge in [-0.25, -0.2) is 4.79 Å². The van der Waals surface area contributed by atoms with E-state index in [0.717, 1.165) is 6.42 Å². The highest BCUT2D eigenvalue weighted by atomic mass is 16.4. The van der Waals surface area contributed by atoms with Crippen molar-refractivity contribution >= 4 is 6.09 Å². The molecule has 0 aromatic carbocycles. The van der Waals surface area contributed by atoms with E-state index in [0.29, 0.717) is 25.3 Å². The Balaban J connectivity index is 2.37. The molecule has 0 radical (unpaired) electrons. The molecule has 19 heavy (non-hydrogen) atoms. The number of amides is 1. The van der Waals surface area contributed by atoms with Gasteiger partial charge in [-0.15, -0.1) is 0 Å². The molecule has 1 aliphatic rings. The molecule has 108 valence electrons. The number of hydrogen-bond acceptors (Lipinski definition) is 4. The Morgan fingerprint density at radius 1 is 1.32 bits per heavy atom. The average Bonchev–Trinajstić information content (AvgIpc) is 2.24. The first-order valence-electron chi connectivity index (χ1n) is 6.45. The lowest BCUT2D eigenvalue weighted by atomic mass is 10.0. The van der Waals surface area contributed by atoms with Gasteiger partial charge < -0.3 is 20.2 Å². The van der Waals surface area contributed by atoms with E-state index in [1.807, 2.05) is 13.8 Å². The second kappa shape index (κ2) is 6.92. The van der Waals surface area contributed by atoms with Crippen molar-refractivity contribution in [1.29, 1.82) is 0 Å². The summed E-state index contributed by atoms with van der Waals surface area (Å²) >= 11 is 0. The van der Waals surface area contributed by atoms with Gasteiger partial charge in [-0.3, -0.25) is 5.32 Å². The van der Waals surface area contributed by atoms with Crippen LogP contribution in [0.5, 0.6) is 0 Å². The van der Waals surface area contributed by atoms with Crippen LogP contribution in [0.3, 0.4) is 0 Å². The molecule has 1 heterocycles. The maximum atomic E-state index is 10.7. The molecule has 1 unspecified atom stereocenters. The van der Waals surface area contributed by atoms with Crippen LogP contribution >= 0.6 is 0 Å². The lowest BCUT2D eigenvalue weighted by molar-refractivity contribution is 0.0763. The second-order valence-electron chi connectivity index (χ2n) is 5.09. The van der Waals surface area contributed by atoms with Gasteiger partial charge in [0.1, 0.15) is 0 Å². The third-order valence-electron chi connectivity index (χ3n) is 3.01. The smallest absolute Gasteiger partial charge is 0.407 e. The predicted molar refractivity (Wildman–Crippen MR) is 71.8 cm³/mol. The van der Waals surface area contributed by atoms with Crippen LogP contribution in [0.15, 0.2) is 23.9 Å². The van der Waals surface area contributed by atoms with Crippen molar-refractivity contribution in [2.45, 2.75) is 39.2 Å². The minimum Gasteiger partial charge on any atom is -0.495 e. The highest BCUT2D eigenvalue weighted by Crippen LogP contribution is 2.21. The molecule has 0 bridgehead atoms. The van der Waals surface area contributed by atoms with Gasteiger partial charge >= 0.3 is 6.09 Å². The molecule has 6 heteroatoms. The standard InChI is InChI=1S/C13H22N2O4/c1-9(2)3-5-11(16)14-12(17)6-4-10-7-8-15(10)13(18)19/h5-6,9-10,14,16-17H,3-4,7-8H2,1-2H3,(H,18,19)/b11-5-,12-6-. The van der Waals surface area contributed by atoms with Crippen molar-refractivity contribution in [3.05, 3.63) is 23.9 Å². The molecule has 1 aliphatic heterocycles. The van der Waals surface area contributed by atoms with Crippen LogP contribution in [-0.4, -0.2) is 38.9 Å². The first-order chi connectivity index (χ1) is 8.90. The highest BCUT2D eigenvalue weighted by molar-refractivity contribution is 5.66. The van der Waals surface area contributed by atoms with E-state index >= 15 is 0 Å². The van der Waals surface area contributed by atoms with E-state index in [-0.39, 0.29) is 17.8 Å². The summed E-state index contributed by atoms with van der Waals surface area (Å²) in [6.07, 6.45) is 4.09. The van der Waals surface area contributed by atoms with Gasteiger partial charge in [-0.1, -0.05) is 13.8 Å². The molecule has 1 amide bonds. The second-order valence-corrected chi connectivity index (χ2v) is 5.09. The Hall–Kier alpha value is -1.85. The summed E-state index contributed by atoms with van der Waals surface area (Å²) in [5.74, 6) is 0.176. The summed E-state index contributed by atoms with van der Waals surface area (Å²) in [6, 6.07) is -0.0803. The van der Waals surface area contributed by atoms with Gasteiger partial charge in [0, 0.05) is 12.6 Å². The van der Waals surface area contributed by atoms with E-state index in [2.05, 4.69) is 5.32 Å². The predicted octanol–water partition coefficient (Wildman–Crippen LogP) is 2.56. The normalized spacial score (nSPS) is 20.4. The fourth-order valence-electron chi connectivity index (χ4n) is 1.77. The van der Waals surface area contributed by atoms with Crippen molar-refractivity contribution in [2.75, 3.05) is 6.54 Å². The minimum absolute atomic E-state index is 0.0803. The molecule has 1 fully saturated rings. The topological polar surface area (TPSA) is 93.0 Å². The Morgan fingerprint density at radius 3 is 2.42 bits per heavy atom. The van der Waals surface area contributed by atoms with Gasteiger partial charge in [-0.05, 0) is 37.3 Å². The van der Waals surface area contributed by atoms with Gasteiger partial charge in [0.25, 0.3) is 0 Å². The van der Waals surface area contributed by atoms with Crippen molar-refractivity contribution in [2.24, 2.45) is 5.92 Å². The van der Waals surface area contributed by atoms with Gasteiger partial charge in [0.05, 0.1) is 0 Å². The van der Waals surface area contributed by atoms with E-state index < -0.39 is 6.09 Å². The lowest BCUT2D eigenvalue weighted by Gasteiger charge is -2.38. The fourth-order valence-corrected chi connectivity index (χ4v) is 1.77. The number of carbonyl (C=O) groups is 1. The summed E-state index contributed by atoms with van der Waals surface area (Å²) < 4.78 is 0. The molecule has 1 atom stereocenters. The van der Waals surface area contributed by atoms with Gasteiger partial charge in [0.15, 0.2) is 11.8 Å². The first kappa shape index (κ1) is 15.2. The quantitative estimate of drug-likeness (QED) is 0.557. The number of hydrogen-bond donors (Lipinski definition) is 4. The van der Waals surface area contributed by atoms with Crippen LogP contribution in [0.1, 0.15) is 33.1 Å². The van der Waals surface area contributed by atoms with Crippen LogP contribution in [0.2, 0.25) is 0 Å². The van der Waals surface area contributed by atoms with E-state index in [4.69, 9.17) is 5.11 Å². The van der Waals surface area contributed by atoms with Crippen molar-refractivity contribution in [1.82, 2.24) is 10.2 Å². The third kappa shape index (κ3) is 5.11. The largest absolute Gasteiger partial charge is 0.495 e. The maximum absolute atomic E-state index is 10.7. The first-order valence-corrected chi connectivity index (χ1v) is 6.45. The monoisotopic (exact) mass is 270 g/mol. The average molecular weight is 270 g/mol. The molecule has 6 nitrogen and oxygen atoms in total. The number of rotatable bonds is 6. The minimum atomic E-state index is -0.934. The number of aliphatic hydroxyl groups is 2. The molecular formula is C13H22N2O4. The Labute approximate surface area is 113 Å². The molecule has 0 aromatic rings. The zero-order valence-corrected chi connectivity index (χ0v) is 11.3. The number of allylic oxidation sites excluding steroid dienone is 1. The number of likely N-dealkylation sites (tertiary alicyclic amines) is 1. The zero-order valence-electron chi connectivity index (χ0n) is 11.3. The molecule has 0 aliphatic carbocycles. The van der Waals surface area contributed by atoms with Crippen LogP contribution in [0.25, 0.3) is 0 Å². The molecule has 0 saturated carbocycles. The van der Waals surface area contributed by atoms with Crippen molar-refractivity contribution in [3.8, 4) is 0 Å². The lowest BCUT2D eigenvalue weighted by Crippen LogP contribution is -2.50. The molecule has 1 rings (SSSR count). The third-order valence-corrected chi connectivity index (χ3v) is 3.01. The number of nitrogens with zero attached hydrogens (tertiary/aromatic N) is 1. The molecule has 1 saturated heterocycles. The summed E-state index contributed by atoms with van der Waals surface area (Å²) in [6.45, 7) is 4.59. The van der Waals surface area contributed by atoms with Crippen LogP contribution in [0, 0.1) is 5.92 Å².